The van der Waals surface area contributed by atoms with Gasteiger partial charge in [0.05, 0.1) is 6.26 Å². The smallest absolute Gasteiger partial charge is 0.158 e. The molecule has 13 heavy (non-hydrogen) atoms. The molecule has 1 unspecified atom stereocenters. The molecule has 2 rings (SSSR count). The molecule has 0 aromatic heterocycles. The fourth-order valence-electron chi connectivity index (χ4n) is 1.67. The first-order valence-electron chi connectivity index (χ1n) is 4.72. The summed E-state index contributed by atoms with van der Waals surface area (Å²) in [4.78, 5) is 2.09. The van der Waals surface area contributed by atoms with Crippen molar-refractivity contribution in [2.24, 2.45) is 0 Å². The molecule has 2 aliphatic heterocycles. The maximum absolute atomic E-state index is 7.91. The molecule has 1 atom stereocenters. The zero-order valence-electron chi connectivity index (χ0n) is 7.62. The molecule has 0 bridgehead atoms. The second-order valence-electron chi connectivity index (χ2n) is 3.35. The quantitative estimate of drug-likeness (QED) is 0.448. The second-order valence-corrected chi connectivity index (χ2v) is 3.35. The molecule has 0 amide bonds. The minimum atomic E-state index is -0.0295. The van der Waals surface area contributed by atoms with Crippen molar-refractivity contribution in [3.8, 4) is 0 Å². The van der Waals surface area contributed by atoms with E-state index in [0.717, 1.165) is 32.6 Å². The average Bonchev–Trinajstić information content (AvgIpc) is 2.71. The summed E-state index contributed by atoms with van der Waals surface area (Å²) in [6.07, 6.45) is 4.49. The first kappa shape index (κ1) is 8.56. The number of hydrogen-bond donors (Lipinski definition) is 2. The summed E-state index contributed by atoms with van der Waals surface area (Å²) in [5.41, 5.74) is 0. The number of nitrogens with one attached hydrogen (secondary N) is 2. The van der Waals surface area contributed by atoms with Crippen LogP contribution >= 0.6 is 0 Å². The van der Waals surface area contributed by atoms with E-state index in [9.17, 15) is 0 Å². The number of amidine groups is 1. The minimum absolute atomic E-state index is 0.0295. The Morgan fingerprint density at radius 1 is 1.46 bits per heavy atom. The van der Waals surface area contributed by atoms with Crippen molar-refractivity contribution < 1.29 is 4.74 Å². The van der Waals surface area contributed by atoms with Crippen LogP contribution in [0.15, 0.2) is 12.3 Å². The van der Waals surface area contributed by atoms with Crippen LogP contribution in [0.5, 0.6) is 0 Å². The van der Waals surface area contributed by atoms with Gasteiger partial charge in [-0.15, -0.1) is 0 Å². The molecule has 0 aromatic carbocycles. The largest absolute Gasteiger partial charge is 0.490 e. The summed E-state index contributed by atoms with van der Waals surface area (Å²) in [6.45, 7) is 3.81. The Morgan fingerprint density at radius 3 is 2.85 bits per heavy atom. The lowest BCUT2D eigenvalue weighted by atomic mass is 10.2. The maximum atomic E-state index is 7.91. The van der Waals surface area contributed by atoms with Crippen LogP contribution in [0.1, 0.15) is 6.42 Å². The Labute approximate surface area is 78.1 Å². The topological polar surface area (TPSA) is 48.4 Å². The van der Waals surface area contributed by atoms with E-state index in [-0.39, 0.29) is 6.10 Å². The first-order valence-corrected chi connectivity index (χ1v) is 4.72. The van der Waals surface area contributed by atoms with E-state index in [0.29, 0.717) is 5.84 Å². The van der Waals surface area contributed by atoms with E-state index >= 15 is 0 Å². The molecule has 0 radical (unpaired) electrons. The summed E-state index contributed by atoms with van der Waals surface area (Å²) >= 11 is 0. The van der Waals surface area contributed by atoms with Crippen molar-refractivity contribution in [2.45, 2.75) is 12.5 Å². The molecule has 2 aliphatic rings. The standard InChI is InChI=1S/C9H15N3O/c10-9(8-2-1-7-13-8)12-5-3-11-4-6-12/h1,7-8,10-11H,2-6H2. The van der Waals surface area contributed by atoms with Gasteiger partial charge in [0.1, 0.15) is 5.84 Å². The molecule has 0 aromatic rings. The fourth-order valence-corrected chi connectivity index (χ4v) is 1.67. The van der Waals surface area contributed by atoms with Crippen LogP contribution in [0, 0.1) is 5.41 Å². The normalized spacial score (nSPS) is 27.4. The van der Waals surface area contributed by atoms with Crippen molar-refractivity contribution in [3.63, 3.8) is 0 Å². The van der Waals surface area contributed by atoms with Crippen LogP contribution in [-0.2, 0) is 4.74 Å². The van der Waals surface area contributed by atoms with Crippen molar-refractivity contribution in [1.82, 2.24) is 10.2 Å². The molecule has 0 aliphatic carbocycles. The van der Waals surface area contributed by atoms with E-state index in [2.05, 4.69) is 10.2 Å². The van der Waals surface area contributed by atoms with Gasteiger partial charge >= 0.3 is 0 Å². The molecule has 4 heteroatoms. The third kappa shape index (κ3) is 1.83. The predicted molar refractivity (Wildman–Crippen MR) is 50.8 cm³/mol. The van der Waals surface area contributed by atoms with E-state index in [1.807, 2.05) is 6.08 Å². The third-order valence-electron chi connectivity index (χ3n) is 2.45. The zero-order valence-corrected chi connectivity index (χ0v) is 7.62. The number of ether oxygens (including phenoxy) is 1. The summed E-state index contributed by atoms with van der Waals surface area (Å²) in [5, 5.41) is 11.2. The zero-order chi connectivity index (χ0) is 9.10. The molecule has 2 heterocycles. The van der Waals surface area contributed by atoms with Gasteiger partial charge in [-0.1, -0.05) is 0 Å². The van der Waals surface area contributed by atoms with Gasteiger partial charge in [0.2, 0.25) is 0 Å². The van der Waals surface area contributed by atoms with Gasteiger partial charge in [-0.2, -0.15) is 0 Å². The van der Waals surface area contributed by atoms with Crippen LogP contribution in [0.2, 0.25) is 0 Å². The lowest BCUT2D eigenvalue weighted by molar-refractivity contribution is 0.205. The monoisotopic (exact) mass is 181 g/mol. The van der Waals surface area contributed by atoms with Crippen molar-refractivity contribution in [1.29, 1.82) is 5.41 Å². The molecule has 1 saturated heterocycles. The Hall–Kier alpha value is -1.03. The molecular formula is C9H15N3O. The number of hydrogen-bond acceptors (Lipinski definition) is 3. The third-order valence-corrected chi connectivity index (χ3v) is 2.45. The average molecular weight is 181 g/mol. The van der Waals surface area contributed by atoms with E-state index < -0.39 is 0 Å². The van der Waals surface area contributed by atoms with E-state index in [1.54, 1.807) is 6.26 Å². The first-order chi connectivity index (χ1) is 6.38. The van der Waals surface area contributed by atoms with E-state index in [1.165, 1.54) is 0 Å². The van der Waals surface area contributed by atoms with Gasteiger partial charge in [-0.25, -0.2) is 0 Å². The van der Waals surface area contributed by atoms with Crippen molar-refractivity contribution in [2.75, 3.05) is 26.2 Å². The highest BCUT2D eigenvalue weighted by molar-refractivity contribution is 5.84. The van der Waals surface area contributed by atoms with Gasteiger partial charge in [-0.05, 0) is 6.08 Å². The molecule has 0 saturated carbocycles. The summed E-state index contributed by atoms with van der Waals surface area (Å²) in [6, 6.07) is 0. The molecule has 4 nitrogen and oxygen atoms in total. The van der Waals surface area contributed by atoms with Crippen molar-refractivity contribution in [3.05, 3.63) is 12.3 Å². The van der Waals surface area contributed by atoms with Gasteiger partial charge < -0.3 is 15.0 Å². The van der Waals surface area contributed by atoms with Gasteiger partial charge in [-0.3, -0.25) is 5.41 Å². The lowest BCUT2D eigenvalue weighted by Gasteiger charge is -2.31. The van der Waals surface area contributed by atoms with Crippen LogP contribution < -0.4 is 5.32 Å². The number of piperazine rings is 1. The van der Waals surface area contributed by atoms with Crippen LogP contribution in [-0.4, -0.2) is 43.0 Å². The number of nitrogens with zero attached hydrogens (tertiary/aromatic N) is 1. The predicted octanol–water partition coefficient (Wildman–Crippen LogP) is 0.171. The Morgan fingerprint density at radius 2 is 2.23 bits per heavy atom. The molecule has 72 valence electrons. The summed E-state index contributed by atoms with van der Waals surface area (Å²) in [5.74, 6) is 0.631. The Balaban J connectivity index is 1.88. The summed E-state index contributed by atoms with van der Waals surface area (Å²) in [7, 11) is 0. The highest BCUT2D eigenvalue weighted by Gasteiger charge is 2.23. The SMILES string of the molecule is N=C(C1CC=CO1)N1CCNCC1. The van der Waals surface area contributed by atoms with Crippen LogP contribution in [0.3, 0.4) is 0 Å². The Bertz CT molecular complexity index is 213. The maximum Gasteiger partial charge on any atom is 0.158 e. The van der Waals surface area contributed by atoms with Crippen LogP contribution in [0.4, 0.5) is 0 Å². The summed E-state index contributed by atoms with van der Waals surface area (Å²) < 4.78 is 5.30. The van der Waals surface area contributed by atoms with Gasteiger partial charge in [0.25, 0.3) is 0 Å². The van der Waals surface area contributed by atoms with Gasteiger partial charge in [0.15, 0.2) is 6.10 Å². The highest BCUT2D eigenvalue weighted by atomic mass is 16.5. The molecular weight excluding hydrogens is 166 g/mol. The molecule has 2 N–H and O–H groups in total. The van der Waals surface area contributed by atoms with Crippen LogP contribution in [0.25, 0.3) is 0 Å². The number of rotatable bonds is 1. The second kappa shape index (κ2) is 3.79. The molecule has 0 spiro atoms. The fraction of sp³-hybridized carbons (Fsp3) is 0.667. The lowest BCUT2D eigenvalue weighted by Crippen LogP contribution is -2.49. The highest BCUT2D eigenvalue weighted by Crippen LogP contribution is 2.12. The van der Waals surface area contributed by atoms with Crippen molar-refractivity contribution >= 4 is 5.84 Å². The Kier molecular flexibility index (Phi) is 2.49. The molecule has 1 fully saturated rings. The van der Waals surface area contributed by atoms with E-state index in [4.69, 9.17) is 10.1 Å². The van der Waals surface area contributed by atoms with Gasteiger partial charge in [0, 0.05) is 32.6 Å². The minimum Gasteiger partial charge on any atom is -0.490 e.